The normalized spacial score (nSPS) is 10.8. The van der Waals surface area contributed by atoms with Crippen LogP contribution in [-0.4, -0.2) is 33.0 Å². The predicted molar refractivity (Wildman–Crippen MR) is 102 cm³/mol. The van der Waals surface area contributed by atoms with Gasteiger partial charge in [-0.25, -0.2) is 0 Å². The summed E-state index contributed by atoms with van der Waals surface area (Å²) in [5, 5.41) is 14.1. The Hall–Kier alpha value is -2.12. The first-order valence-electron chi connectivity index (χ1n) is 8.08. The molecule has 0 aliphatic heterocycles. The lowest BCUT2D eigenvalue weighted by Crippen LogP contribution is -2.27. The fraction of sp³-hybridized carbons (Fsp3) is 0.278. The summed E-state index contributed by atoms with van der Waals surface area (Å²) in [7, 11) is 0. The van der Waals surface area contributed by atoms with Crippen molar-refractivity contribution in [3.8, 4) is 0 Å². The molecular formula is C18H20N4OS2. The molecular weight excluding hydrogens is 352 g/mol. The highest BCUT2D eigenvalue weighted by molar-refractivity contribution is 7.99. The minimum Gasteiger partial charge on any atom is -0.355 e. The number of thioether (sulfide) groups is 1. The second-order valence-corrected chi connectivity index (χ2v) is 7.54. The van der Waals surface area contributed by atoms with E-state index < -0.39 is 0 Å². The topological polar surface area (TPSA) is 59.8 Å². The van der Waals surface area contributed by atoms with Crippen LogP contribution >= 0.6 is 23.1 Å². The van der Waals surface area contributed by atoms with Gasteiger partial charge in [-0.1, -0.05) is 48.2 Å². The summed E-state index contributed by atoms with van der Waals surface area (Å²) in [6, 6.07) is 14.3. The molecule has 1 amide bonds. The molecule has 1 aromatic carbocycles. The van der Waals surface area contributed by atoms with Crippen molar-refractivity contribution < 1.29 is 4.79 Å². The average Bonchev–Trinajstić information content (AvgIpc) is 3.25. The summed E-state index contributed by atoms with van der Waals surface area (Å²) >= 11 is 3.14. The number of carbonyl (C=O) groups is 1. The number of rotatable bonds is 8. The molecule has 2 heterocycles. The fourth-order valence-electron chi connectivity index (χ4n) is 2.38. The first-order chi connectivity index (χ1) is 12.2. The van der Waals surface area contributed by atoms with Crippen molar-refractivity contribution in [1.29, 1.82) is 0 Å². The van der Waals surface area contributed by atoms with Gasteiger partial charge in [0.15, 0.2) is 5.16 Å². The molecule has 3 rings (SSSR count). The van der Waals surface area contributed by atoms with Crippen LogP contribution < -0.4 is 5.32 Å². The Labute approximate surface area is 155 Å². The zero-order valence-electron chi connectivity index (χ0n) is 14.0. The van der Waals surface area contributed by atoms with E-state index in [2.05, 4.69) is 39.1 Å². The van der Waals surface area contributed by atoms with Crippen molar-refractivity contribution in [2.24, 2.45) is 0 Å². The van der Waals surface area contributed by atoms with Crippen LogP contribution in [-0.2, 0) is 17.8 Å². The van der Waals surface area contributed by atoms with E-state index in [0.29, 0.717) is 18.8 Å². The van der Waals surface area contributed by atoms with Crippen molar-refractivity contribution in [2.45, 2.75) is 25.0 Å². The molecule has 0 aliphatic carbocycles. The predicted octanol–water partition coefficient (Wildman–Crippen LogP) is 3.15. The van der Waals surface area contributed by atoms with Crippen LogP contribution in [0, 0.1) is 6.92 Å². The molecule has 0 saturated heterocycles. The molecule has 0 spiro atoms. The maximum Gasteiger partial charge on any atom is 0.230 e. The third-order valence-electron chi connectivity index (χ3n) is 3.69. The van der Waals surface area contributed by atoms with Gasteiger partial charge in [0.05, 0.1) is 12.3 Å². The van der Waals surface area contributed by atoms with Crippen LogP contribution in [0.5, 0.6) is 0 Å². The van der Waals surface area contributed by atoms with E-state index in [1.54, 1.807) is 11.3 Å². The summed E-state index contributed by atoms with van der Waals surface area (Å²) in [5.74, 6) is 1.22. The molecule has 5 nitrogen and oxygen atoms in total. The molecule has 2 aromatic heterocycles. The van der Waals surface area contributed by atoms with Crippen molar-refractivity contribution >= 4 is 29.0 Å². The monoisotopic (exact) mass is 372 g/mol. The van der Waals surface area contributed by atoms with Gasteiger partial charge in [0.2, 0.25) is 5.91 Å². The number of benzene rings is 1. The highest BCUT2D eigenvalue weighted by Crippen LogP contribution is 2.18. The van der Waals surface area contributed by atoms with Crippen LogP contribution in [0.2, 0.25) is 0 Å². The fourth-order valence-corrected chi connectivity index (χ4v) is 3.90. The maximum atomic E-state index is 12.0. The minimum absolute atomic E-state index is 0.0217. The quantitative estimate of drug-likeness (QED) is 0.617. The van der Waals surface area contributed by atoms with Gasteiger partial charge in [-0.3, -0.25) is 4.79 Å². The van der Waals surface area contributed by atoms with E-state index in [1.165, 1.54) is 22.2 Å². The van der Waals surface area contributed by atoms with Gasteiger partial charge in [-0.05, 0) is 30.4 Å². The number of hydrogen-bond donors (Lipinski definition) is 1. The van der Waals surface area contributed by atoms with Crippen molar-refractivity contribution in [2.75, 3.05) is 12.3 Å². The molecule has 0 atom stereocenters. The average molecular weight is 373 g/mol. The first kappa shape index (κ1) is 17.7. The zero-order valence-corrected chi connectivity index (χ0v) is 15.6. The van der Waals surface area contributed by atoms with Gasteiger partial charge < -0.3 is 9.88 Å². The molecule has 1 N–H and O–H groups in total. The van der Waals surface area contributed by atoms with E-state index in [0.717, 1.165) is 17.4 Å². The van der Waals surface area contributed by atoms with Crippen LogP contribution in [0.1, 0.15) is 16.3 Å². The summed E-state index contributed by atoms with van der Waals surface area (Å²) < 4.78 is 2.04. The number of nitrogens with one attached hydrogen (secondary N) is 1. The number of thiophene rings is 1. The Bertz CT molecular complexity index is 800. The van der Waals surface area contributed by atoms with Crippen LogP contribution in [0.3, 0.4) is 0 Å². The standard InChI is InChI=1S/C18H20N4OS2/c1-14-20-21-18(22(14)12-15-6-3-2-4-7-15)25-13-17(23)19-10-9-16-8-5-11-24-16/h2-8,11H,9-10,12-13H2,1H3,(H,19,23). The Morgan fingerprint density at radius 2 is 2.04 bits per heavy atom. The molecule has 25 heavy (non-hydrogen) atoms. The Balaban J connectivity index is 1.50. The van der Waals surface area contributed by atoms with Crippen LogP contribution in [0.4, 0.5) is 0 Å². The molecule has 0 saturated carbocycles. The summed E-state index contributed by atoms with van der Waals surface area (Å²) in [6.45, 7) is 3.30. The number of hydrogen-bond acceptors (Lipinski definition) is 5. The van der Waals surface area contributed by atoms with Crippen molar-refractivity contribution in [1.82, 2.24) is 20.1 Å². The zero-order chi connectivity index (χ0) is 17.5. The lowest BCUT2D eigenvalue weighted by atomic mass is 10.2. The number of carbonyl (C=O) groups excluding carboxylic acids is 1. The number of aryl methyl sites for hydroxylation is 1. The first-order valence-corrected chi connectivity index (χ1v) is 9.94. The van der Waals surface area contributed by atoms with E-state index in [9.17, 15) is 4.79 Å². The molecule has 3 aromatic rings. The molecule has 0 unspecified atom stereocenters. The second-order valence-electron chi connectivity index (χ2n) is 5.57. The molecule has 7 heteroatoms. The van der Waals surface area contributed by atoms with Gasteiger partial charge in [-0.15, -0.1) is 21.5 Å². The SMILES string of the molecule is Cc1nnc(SCC(=O)NCCc2cccs2)n1Cc1ccccc1. The third-order valence-corrected chi connectivity index (χ3v) is 5.59. The van der Waals surface area contributed by atoms with Crippen molar-refractivity contribution in [3.05, 3.63) is 64.1 Å². The van der Waals surface area contributed by atoms with Crippen molar-refractivity contribution in [3.63, 3.8) is 0 Å². The summed E-state index contributed by atoms with van der Waals surface area (Å²) in [6.07, 6.45) is 0.872. The molecule has 0 aliphatic rings. The third kappa shape index (κ3) is 5.17. The number of aromatic nitrogens is 3. The Kier molecular flexibility index (Phi) is 6.25. The maximum absolute atomic E-state index is 12.0. The Morgan fingerprint density at radius 3 is 2.80 bits per heavy atom. The molecule has 0 radical (unpaired) electrons. The van der Waals surface area contributed by atoms with Gasteiger partial charge in [0.1, 0.15) is 5.82 Å². The number of amides is 1. The number of nitrogens with zero attached hydrogens (tertiary/aromatic N) is 3. The van der Waals surface area contributed by atoms with E-state index >= 15 is 0 Å². The Morgan fingerprint density at radius 1 is 1.20 bits per heavy atom. The van der Waals surface area contributed by atoms with Gasteiger partial charge >= 0.3 is 0 Å². The van der Waals surface area contributed by atoms with E-state index in [-0.39, 0.29) is 5.91 Å². The summed E-state index contributed by atoms with van der Waals surface area (Å²) in [4.78, 5) is 13.3. The minimum atomic E-state index is 0.0217. The largest absolute Gasteiger partial charge is 0.355 e. The van der Waals surface area contributed by atoms with Gasteiger partial charge in [0, 0.05) is 11.4 Å². The van der Waals surface area contributed by atoms with E-state index in [4.69, 9.17) is 0 Å². The smallest absolute Gasteiger partial charge is 0.230 e. The highest BCUT2D eigenvalue weighted by atomic mass is 32.2. The van der Waals surface area contributed by atoms with Crippen LogP contribution in [0.25, 0.3) is 0 Å². The van der Waals surface area contributed by atoms with Gasteiger partial charge in [0.25, 0.3) is 0 Å². The van der Waals surface area contributed by atoms with Crippen LogP contribution in [0.15, 0.2) is 53.0 Å². The molecule has 130 valence electrons. The van der Waals surface area contributed by atoms with E-state index in [1.807, 2.05) is 35.8 Å². The van der Waals surface area contributed by atoms with Gasteiger partial charge in [-0.2, -0.15) is 0 Å². The second kappa shape index (κ2) is 8.82. The molecule has 0 fully saturated rings. The summed E-state index contributed by atoms with van der Waals surface area (Å²) in [5.41, 5.74) is 1.19. The molecule has 0 bridgehead atoms. The lowest BCUT2D eigenvalue weighted by molar-refractivity contribution is -0.118. The highest BCUT2D eigenvalue weighted by Gasteiger charge is 2.12. The lowest BCUT2D eigenvalue weighted by Gasteiger charge is -2.08.